The number of aromatic nitrogens is 2. The van der Waals surface area contributed by atoms with E-state index in [9.17, 15) is 0 Å². The van der Waals surface area contributed by atoms with E-state index < -0.39 is 13.7 Å². The second kappa shape index (κ2) is 13.8. The Balaban J connectivity index is 0.000000217. The molecule has 3 heterocycles. The van der Waals surface area contributed by atoms with Gasteiger partial charge in [0.2, 0.25) is 0 Å². The molecular weight excluding hydrogens is 717 g/mol. The summed E-state index contributed by atoms with van der Waals surface area (Å²) in [6, 6.07) is 40.5. The first-order valence-electron chi connectivity index (χ1n) is 16.9. The van der Waals surface area contributed by atoms with Crippen LogP contribution in [0.2, 0.25) is 0 Å². The van der Waals surface area contributed by atoms with E-state index >= 15 is 0 Å². The summed E-state index contributed by atoms with van der Waals surface area (Å²) < 4.78 is 52.1. The molecule has 7 rings (SSSR count). The van der Waals surface area contributed by atoms with Gasteiger partial charge < -0.3 is 14.4 Å². The van der Waals surface area contributed by atoms with Crippen molar-refractivity contribution in [2.24, 2.45) is 0 Å². The van der Waals surface area contributed by atoms with Gasteiger partial charge in [0.25, 0.3) is 0 Å². The average Bonchev–Trinajstić information content (AvgIpc) is 3.40. The maximum Gasteiger partial charge on any atom is 0.134 e. The standard InChI is InChI=1S/C23H20NO.C17H12N.Ir/c1-14-5-9-22(24-13-14)19-7-6-15(2)20(12-19)18-8-10-23-21(11-18)16(3)17(4)25-23;1-3-7-14(8-4-1)16-11-12-18-17(13-16)15-9-5-2-6-10-15;/h5-6,8-13H,1-4H3;1-9,11-13H;/q2*-1;/i1D3,2D3;;. The number of aryl methyl sites for hydroxylation is 4. The number of rotatable bonds is 4. The molecule has 4 aromatic carbocycles. The number of fused-ring (bicyclic) bond motifs is 1. The molecule has 4 heteroatoms. The van der Waals surface area contributed by atoms with E-state index in [1.165, 1.54) is 29.5 Å². The Morgan fingerprint density at radius 2 is 1.57 bits per heavy atom. The molecule has 1 radical (unpaired) electrons. The van der Waals surface area contributed by atoms with E-state index in [4.69, 9.17) is 12.6 Å². The fourth-order valence-corrected chi connectivity index (χ4v) is 4.88. The van der Waals surface area contributed by atoms with Crippen molar-refractivity contribution in [2.75, 3.05) is 0 Å². The molecule has 0 spiro atoms. The van der Waals surface area contributed by atoms with Crippen LogP contribution >= 0.6 is 0 Å². The largest absolute Gasteiger partial charge is 0.461 e. The van der Waals surface area contributed by atoms with Crippen molar-refractivity contribution in [2.45, 2.75) is 27.6 Å². The van der Waals surface area contributed by atoms with Crippen molar-refractivity contribution >= 4 is 11.0 Å². The Kier molecular flexibility index (Phi) is 7.44. The quantitative estimate of drug-likeness (QED) is 0.168. The number of hydrogen-bond acceptors (Lipinski definition) is 3. The van der Waals surface area contributed by atoms with Crippen LogP contribution in [0.15, 0.2) is 126 Å². The maximum atomic E-state index is 7.96. The molecule has 0 saturated carbocycles. The van der Waals surface area contributed by atoms with Gasteiger partial charge in [-0.2, -0.15) is 0 Å². The predicted molar refractivity (Wildman–Crippen MR) is 177 cm³/mol. The normalized spacial score (nSPS) is 13.1. The molecule has 3 aromatic heterocycles. The van der Waals surface area contributed by atoms with E-state index in [0.29, 0.717) is 16.8 Å². The summed E-state index contributed by atoms with van der Waals surface area (Å²) in [7, 11) is 0. The number of furan rings is 1. The smallest absolute Gasteiger partial charge is 0.134 e. The van der Waals surface area contributed by atoms with Crippen molar-refractivity contribution in [1.82, 2.24) is 9.97 Å². The van der Waals surface area contributed by atoms with Crippen molar-refractivity contribution in [3.8, 4) is 44.8 Å². The number of nitrogens with zero attached hydrogens (tertiary/aromatic N) is 2. The minimum absolute atomic E-state index is 0. The first kappa shape index (κ1) is 23.8. The fraction of sp³-hybridized carbons (Fsp3) is 0.100. The third-order valence-corrected chi connectivity index (χ3v) is 7.33. The van der Waals surface area contributed by atoms with Gasteiger partial charge in [-0.3, -0.25) is 0 Å². The van der Waals surface area contributed by atoms with Crippen LogP contribution in [0, 0.1) is 39.7 Å². The molecule has 0 aliphatic heterocycles. The predicted octanol–water partition coefficient (Wildman–Crippen LogP) is 10.4. The molecule has 0 unspecified atom stereocenters. The molecule has 7 aromatic rings. The van der Waals surface area contributed by atoms with Gasteiger partial charge in [-0.25, -0.2) is 0 Å². The fourth-order valence-electron chi connectivity index (χ4n) is 4.88. The third-order valence-electron chi connectivity index (χ3n) is 7.33. The maximum absolute atomic E-state index is 7.96. The van der Waals surface area contributed by atoms with Gasteiger partial charge in [0, 0.05) is 46.1 Å². The monoisotopic (exact) mass is 755 g/mol. The zero-order chi connectivity index (χ0) is 34.8. The van der Waals surface area contributed by atoms with Crippen molar-refractivity contribution in [3.05, 3.63) is 156 Å². The van der Waals surface area contributed by atoms with Crippen molar-refractivity contribution in [1.29, 1.82) is 0 Å². The molecule has 44 heavy (non-hydrogen) atoms. The minimum atomic E-state index is -2.32. The minimum Gasteiger partial charge on any atom is -0.461 e. The third kappa shape index (κ3) is 6.78. The average molecular weight is 755 g/mol. The van der Waals surface area contributed by atoms with E-state index in [1.807, 2.05) is 86.8 Å². The van der Waals surface area contributed by atoms with Crippen LogP contribution in [0.1, 0.15) is 30.7 Å². The Morgan fingerprint density at radius 3 is 2.32 bits per heavy atom. The SMILES string of the molecule is [2H]C([2H])([2H])c1ccc(-c2[c-]cc(C([2H])([2H])[2H])c(-c3ccc4oc(C)c(C)c4c3)c2)nc1.[Ir].[c-]1ccccc1-c1cc(-c2ccccc2)ccn1. The topological polar surface area (TPSA) is 38.9 Å². The molecule has 0 saturated heterocycles. The van der Waals surface area contributed by atoms with Gasteiger partial charge in [0.15, 0.2) is 0 Å². The van der Waals surface area contributed by atoms with Gasteiger partial charge in [-0.15, -0.1) is 65.2 Å². The summed E-state index contributed by atoms with van der Waals surface area (Å²) in [6.07, 6.45) is 3.16. The Bertz CT molecular complexity index is 2160. The second-order valence-corrected chi connectivity index (χ2v) is 10.2. The summed E-state index contributed by atoms with van der Waals surface area (Å²) in [4.78, 5) is 8.67. The Labute approximate surface area is 281 Å². The van der Waals surface area contributed by atoms with Gasteiger partial charge in [0.05, 0.1) is 0 Å². The first-order valence-corrected chi connectivity index (χ1v) is 13.9. The van der Waals surface area contributed by atoms with Crippen LogP contribution in [-0.4, -0.2) is 9.97 Å². The summed E-state index contributed by atoms with van der Waals surface area (Å²) in [5, 5.41) is 0.932. The molecular formula is C40H32IrN2O-2. The van der Waals surface area contributed by atoms with E-state index in [0.717, 1.165) is 39.1 Å². The Hall–Kier alpha value is -4.63. The van der Waals surface area contributed by atoms with Crippen molar-refractivity contribution in [3.63, 3.8) is 0 Å². The van der Waals surface area contributed by atoms with Crippen LogP contribution in [0.25, 0.3) is 55.7 Å². The molecule has 0 atom stereocenters. The molecule has 0 bridgehead atoms. The summed E-state index contributed by atoms with van der Waals surface area (Å²) >= 11 is 0. The molecule has 0 aliphatic carbocycles. The second-order valence-electron chi connectivity index (χ2n) is 10.2. The van der Waals surface area contributed by atoms with Gasteiger partial charge in [-0.05, 0) is 78.1 Å². The molecule has 0 aliphatic rings. The molecule has 0 amide bonds. The van der Waals surface area contributed by atoms with E-state index in [-0.39, 0.29) is 31.2 Å². The number of benzene rings is 4. The molecule has 0 fully saturated rings. The van der Waals surface area contributed by atoms with Crippen LogP contribution in [0.4, 0.5) is 0 Å². The van der Waals surface area contributed by atoms with Crippen LogP contribution in [0.3, 0.4) is 0 Å². The van der Waals surface area contributed by atoms with E-state index in [1.54, 1.807) is 12.1 Å². The van der Waals surface area contributed by atoms with E-state index in [2.05, 4.69) is 40.3 Å². The van der Waals surface area contributed by atoms with Gasteiger partial charge in [0.1, 0.15) is 11.3 Å². The zero-order valence-electron chi connectivity index (χ0n) is 30.2. The molecule has 219 valence electrons. The Morgan fingerprint density at radius 1 is 0.705 bits per heavy atom. The summed E-state index contributed by atoms with van der Waals surface area (Å²) in [5.41, 5.74) is 8.85. The molecule has 3 nitrogen and oxygen atoms in total. The van der Waals surface area contributed by atoms with Crippen LogP contribution in [-0.2, 0) is 20.1 Å². The summed E-state index contributed by atoms with van der Waals surface area (Å²) in [6.45, 7) is -0.690. The summed E-state index contributed by atoms with van der Waals surface area (Å²) in [5.74, 6) is 0.823. The van der Waals surface area contributed by atoms with Crippen molar-refractivity contribution < 1.29 is 32.7 Å². The van der Waals surface area contributed by atoms with Crippen LogP contribution < -0.4 is 0 Å². The first-order chi connectivity index (χ1) is 23.4. The van der Waals surface area contributed by atoms with Gasteiger partial charge >= 0.3 is 0 Å². The van der Waals surface area contributed by atoms with Crippen LogP contribution in [0.5, 0.6) is 0 Å². The molecule has 0 N–H and O–H groups in total. The number of hydrogen-bond donors (Lipinski definition) is 0. The zero-order valence-corrected chi connectivity index (χ0v) is 26.6. The number of pyridine rings is 2. The van der Waals surface area contributed by atoms with Gasteiger partial charge in [-0.1, -0.05) is 67.0 Å².